The van der Waals surface area contributed by atoms with Crippen molar-refractivity contribution < 1.29 is 26.2 Å². The molecule has 1 fully saturated rings. The summed E-state index contributed by atoms with van der Waals surface area (Å²) in [7, 11) is 0. The van der Waals surface area contributed by atoms with E-state index in [-0.39, 0.29) is 18.4 Å². The number of nitrogens with two attached hydrogens (primary N) is 2. The maximum absolute atomic E-state index is 5.79. The van der Waals surface area contributed by atoms with Crippen molar-refractivity contribution in [3.05, 3.63) is 42.3 Å². The van der Waals surface area contributed by atoms with E-state index in [4.69, 9.17) is 20.7 Å². The summed E-state index contributed by atoms with van der Waals surface area (Å²) in [6.07, 6.45) is 4.08. The van der Waals surface area contributed by atoms with E-state index in [2.05, 4.69) is 41.3 Å². The third kappa shape index (κ3) is 4.45. The summed E-state index contributed by atoms with van der Waals surface area (Å²) >= 11 is 0. The van der Waals surface area contributed by atoms with Crippen LogP contribution in [0.15, 0.2) is 40.9 Å². The second-order valence-corrected chi connectivity index (χ2v) is 7.16. The molecule has 4 rings (SSSR count). The molecule has 1 aliphatic heterocycles. The Morgan fingerprint density at radius 1 is 1.21 bits per heavy atom. The lowest BCUT2D eigenvalue weighted by molar-refractivity contribution is -0.555. The van der Waals surface area contributed by atoms with Gasteiger partial charge in [-0.05, 0) is 48.2 Å². The van der Waals surface area contributed by atoms with Crippen molar-refractivity contribution in [2.45, 2.75) is 38.6 Å². The summed E-state index contributed by atoms with van der Waals surface area (Å²) in [4.78, 5) is 4.60. The molecule has 1 atom stereocenters. The Balaban J connectivity index is 0.00000240. The van der Waals surface area contributed by atoms with Crippen molar-refractivity contribution in [1.29, 1.82) is 0 Å². The zero-order chi connectivity index (χ0) is 19.5. The van der Waals surface area contributed by atoms with Crippen LogP contribution in [0.1, 0.15) is 44.5 Å². The zero-order valence-corrected chi connectivity index (χ0v) is 17.2. The Hall–Kier alpha value is -2.80. The van der Waals surface area contributed by atoms with Gasteiger partial charge in [-0.3, -0.25) is 16.0 Å². The van der Waals surface area contributed by atoms with Gasteiger partial charge in [-0.15, -0.1) is 0 Å². The van der Waals surface area contributed by atoms with Crippen LogP contribution < -0.4 is 28.6 Å². The van der Waals surface area contributed by atoms with E-state index in [1.807, 2.05) is 16.7 Å². The highest BCUT2D eigenvalue weighted by molar-refractivity contribution is 5.87. The van der Waals surface area contributed by atoms with Crippen LogP contribution in [-0.4, -0.2) is 33.8 Å². The Labute approximate surface area is 176 Å². The van der Waals surface area contributed by atoms with E-state index in [0.717, 1.165) is 60.9 Å². The molecule has 0 unspecified atom stereocenters. The van der Waals surface area contributed by atoms with Gasteiger partial charge in [-0.1, -0.05) is 36.7 Å². The van der Waals surface area contributed by atoms with Gasteiger partial charge in [0.25, 0.3) is 5.89 Å². The third-order valence-corrected chi connectivity index (χ3v) is 5.15. The number of guanidine groups is 1. The molecule has 1 aliphatic rings. The van der Waals surface area contributed by atoms with Gasteiger partial charge in [0, 0.05) is 5.56 Å². The lowest BCUT2D eigenvalue weighted by Crippen LogP contribution is -3.00. The molecule has 7 nitrogen and oxygen atoms in total. The van der Waals surface area contributed by atoms with Gasteiger partial charge in [0.1, 0.15) is 5.75 Å². The van der Waals surface area contributed by atoms with E-state index < -0.39 is 0 Å². The predicted molar refractivity (Wildman–Crippen MR) is 108 cm³/mol. The predicted octanol–water partition coefficient (Wildman–Crippen LogP) is 0.194. The van der Waals surface area contributed by atoms with Gasteiger partial charge in [0.15, 0.2) is 6.04 Å². The minimum atomic E-state index is -0.0467. The Morgan fingerprint density at radius 3 is 2.79 bits per heavy atom. The molecule has 29 heavy (non-hydrogen) atoms. The molecule has 1 aromatic heterocycles. The third-order valence-electron chi connectivity index (χ3n) is 5.15. The number of benzene rings is 2. The number of rotatable bonds is 6. The highest BCUT2D eigenvalue weighted by Crippen LogP contribution is 2.30. The molecule has 3 aromatic rings. The summed E-state index contributed by atoms with van der Waals surface area (Å²) in [6.45, 7) is 3.71. The maximum Gasteiger partial charge on any atom is 0.341 e. The van der Waals surface area contributed by atoms with Crippen molar-refractivity contribution in [3.63, 3.8) is 0 Å². The minimum Gasteiger partial charge on any atom is -1.00 e. The first-order valence-electron chi connectivity index (χ1n) is 9.81. The smallest absolute Gasteiger partial charge is 0.341 e. The van der Waals surface area contributed by atoms with Crippen LogP contribution in [0.5, 0.6) is 5.75 Å². The van der Waals surface area contributed by atoms with Gasteiger partial charge < -0.3 is 21.7 Å². The molecule has 0 bridgehead atoms. The molecule has 0 saturated carbocycles. The van der Waals surface area contributed by atoms with Gasteiger partial charge in [0.2, 0.25) is 5.82 Å². The number of hydrogen-bond acceptors (Lipinski definition) is 4. The van der Waals surface area contributed by atoms with E-state index >= 15 is 0 Å². The Kier molecular flexibility index (Phi) is 6.59. The molecule has 0 radical (unpaired) electrons. The van der Waals surface area contributed by atoms with E-state index in [9.17, 15) is 0 Å². The SMILES string of the molecule is CCCCOc1ccc2cc(-c3noc([C@@H]4CCC[N+]4=C(N)N)n3)ccc2c1.[Cl-]. The maximum atomic E-state index is 5.79. The molecule has 2 heterocycles. The van der Waals surface area contributed by atoms with E-state index in [0.29, 0.717) is 17.7 Å². The first kappa shape index (κ1) is 20.9. The van der Waals surface area contributed by atoms with Crippen LogP contribution in [0.25, 0.3) is 22.2 Å². The summed E-state index contributed by atoms with van der Waals surface area (Å²) < 4.78 is 13.2. The number of ether oxygens (including phenoxy) is 1. The Bertz CT molecular complexity index is 1010. The molecule has 1 saturated heterocycles. The molecular weight excluding hydrogens is 390 g/mol. The van der Waals surface area contributed by atoms with Crippen molar-refractivity contribution in [2.75, 3.05) is 13.2 Å². The molecule has 2 aromatic carbocycles. The minimum absolute atomic E-state index is 0. The van der Waals surface area contributed by atoms with Gasteiger partial charge in [-0.2, -0.15) is 4.98 Å². The highest BCUT2D eigenvalue weighted by Gasteiger charge is 2.31. The standard InChI is InChI=1S/C21H25N5O2.ClH/c1-2-3-11-27-17-9-8-14-12-16(7-6-15(14)13-17)19-24-20(28-25-19)18-5-4-10-26(18)21(22)23;/h6-9,12-13,18H,2-5,10-11H2,1H3,(H3,22,23);1H/t18-;/m0./s1. The number of aromatic nitrogens is 2. The zero-order valence-electron chi connectivity index (χ0n) is 16.5. The molecule has 0 aliphatic carbocycles. The molecule has 0 amide bonds. The van der Waals surface area contributed by atoms with Crippen LogP contribution in [0.3, 0.4) is 0 Å². The Morgan fingerprint density at radius 2 is 2.00 bits per heavy atom. The molecule has 154 valence electrons. The van der Waals surface area contributed by atoms with Crippen molar-refractivity contribution in [1.82, 2.24) is 10.1 Å². The topological polar surface area (TPSA) is 103 Å². The summed E-state index contributed by atoms with van der Waals surface area (Å²) in [5.41, 5.74) is 12.5. The normalized spacial score (nSPS) is 16.0. The monoisotopic (exact) mass is 415 g/mol. The number of nitrogens with zero attached hydrogens (tertiary/aromatic N) is 3. The fourth-order valence-electron chi connectivity index (χ4n) is 3.61. The van der Waals surface area contributed by atoms with Crippen molar-refractivity contribution >= 4 is 16.7 Å². The fourth-order valence-corrected chi connectivity index (χ4v) is 3.61. The average Bonchev–Trinajstić information content (AvgIpc) is 3.37. The van der Waals surface area contributed by atoms with Gasteiger partial charge >= 0.3 is 5.96 Å². The van der Waals surface area contributed by atoms with Gasteiger partial charge in [0.05, 0.1) is 13.2 Å². The van der Waals surface area contributed by atoms with Crippen LogP contribution in [0, 0.1) is 0 Å². The van der Waals surface area contributed by atoms with E-state index in [1.54, 1.807) is 0 Å². The molecule has 8 heteroatoms. The number of halogens is 1. The van der Waals surface area contributed by atoms with E-state index in [1.165, 1.54) is 0 Å². The lowest BCUT2D eigenvalue weighted by atomic mass is 10.1. The van der Waals surface area contributed by atoms with Crippen LogP contribution in [-0.2, 0) is 0 Å². The number of hydrogen-bond donors (Lipinski definition) is 2. The number of unbranched alkanes of at least 4 members (excludes halogenated alkanes) is 1. The lowest BCUT2D eigenvalue weighted by Gasteiger charge is -2.07. The fraction of sp³-hybridized carbons (Fsp3) is 0.381. The van der Waals surface area contributed by atoms with Crippen LogP contribution in [0.2, 0.25) is 0 Å². The summed E-state index contributed by atoms with van der Waals surface area (Å²) in [5.74, 6) is 2.32. The molecule has 0 spiro atoms. The highest BCUT2D eigenvalue weighted by atomic mass is 35.5. The van der Waals surface area contributed by atoms with Gasteiger partial charge in [-0.25, -0.2) is 0 Å². The first-order chi connectivity index (χ1) is 13.7. The second-order valence-electron chi connectivity index (χ2n) is 7.16. The van der Waals surface area contributed by atoms with Crippen LogP contribution >= 0.6 is 0 Å². The van der Waals surface area contributed by atoms with Crippen molar-refractivity contribution in [3.8, 4) is 17.1 Å². The summed E-state index contributed by atoms with van der Waals surface area (Å²) in [5, 5.41) is 6.40. The largest absolute Gasteiger partial charge is 1.00 e. The number of fused-ring (bicyclic) bond motifs is 1. The first-order valence-corrected chi connectivity index (χ1v) is 9.81. The van der Waals surface area contributed by atoms with Crippen molar-refractivity contribution in [2.24, 2.45) is 11.5 Å². The second kappa shape index (κ2) is 9.13. The molecular formula is C21H26ClN5O2. The quantitative estimate of drug-likeness (QED) is 0.338. The summed E-state index contributed by atoms with van der Waals surface area (Å²) in [6, 6.07) is 12.2. The average molecular weight is 416 g/mol. The molecule has 4 N–H and O–H groups in total. The van der Waals surface area contributed by atoms with Crippen LogP contribution in [0.4, 0.5) is 0 Å².